The van der Waals surface area contributed by atoms with Gasteiger partial charge in [-0.05, 0) is 62.4 Å². The maximum absolute atomic E-state index is 14.9. The summed E-state index contributed by atoms with van der Waals surface area (Å²) in [5, 5.41) is 16.6. The molecule has 1 unspecified atom stereocenters. The summed E-state index contributed by atoms with van der Waals surface area (Å²) in [5.74, 6) is -5.33. The van der Waals surface area contributed by atoms with Crippen molar-refractivity contribution >= 4 is 22.7 Å². The van der Waals surface area contributed by atoms with Gasteiger partial charge in [-0.25, -0.2) is 18.2 Å². The number of aliphatic hydroxyl groups is 1. The summed E-state index contributed by atoms with van der Waals surface area (Å²) >= 11 is 0. The Morgan fingerprint density at radius 2 is 1.76 bits per heavy atom. The molecule has 0 spiro atoms. The number of pyridine rings is 2. The Bertz CT molecular complexity index is 1960. The van der Waals surface area contributed by atoms with Crippen LogP contribution in [0.3, 0.4) is 0 Å². The second kappa shape index (κ2) is 11.6. The smallest absolute Gasteiger partial charge is 0.424 e. The monoisotopic (exact) mass is 688 g/mol. The molecule has 1 saturated carbocycles. The van der Waals surface area contributed by atoms with E-state index in [4.69, 9.17) is 9.47 Å². The number of ether oxygens (including phenoxy) is 2. The molecule has 49 heavy (non-hydrogen) atoms. The molecule has 2 aromatic heterocycles. The third-order valence-electron chi connectivity index (χ3n) is 8.95. The van der Waals surface area contributed by atoms with Gasteiger partial charge in [0.05, 0.1) is 19.3 Å². The van der Waals surface area contributed by atoms with Gasteiger partial charge in [0.25, 0.3) is 11.8 Å². The molecule has 0 bridgehead atoms. The lowest BCUT2D eigenvalue weighted by molar-refractivity contribution is -0.265. The van der Waals surface area contributed by atoms with E-state index in [1.807, 2.05) is 0 Å². The van der Waals surface area contributed by atoms with Gasteiger partial charge in [-0.3, -0.25) is 14.6 Å². The number of hydrogen-bond acceptors (Lipinski definition) is 7. The fourth-order valence-electron chi connectivity index (χ4n) is 6.27. The van der Waals surface area contributed by atoms with Crippen LogP contribution in [0.15, 0.2) is 60.8 Å². The van der Waals surface area contributed by atoms with Crippen LogP contribution in [0.25, 0.3) is 22.2 Å². The number of amides is 2. The van der Waals surface area contributed by atoms with Gasteiger partial charge in [-0.2, -0.15) is 13.2 Å². The van der Waals surface area contributed by atoms with E-state index in [-0.39, 0.29) is 33.9 Å². The number of carbonyl (C=O) groups excluding carboxylic acids is 2. The average Bonchev–Trinajstić information content (AvgIpc) is 3.38. The predicted molar refractivity (Wildman–Crippen MR) is 164 cm³/mol. The number of nitrogens with one attached hydrogen (secondary N) is 2. The average molecular weight is 689 g/mol. The summed E-state index contributed by atoms with van der Waals surface area (Å²) in [7, 11) is 1.34. The number of carbonyl (C=O) groups is 2. The van der Waals surface area contributed by atoms with Crippen molar-refractivity contribution in [3.8, 4) is 22.8 Å². The molecule has 1 aliphatic carbocycles. The van der Waals surface area contributed by atoms with Crippen molar-refractivity contribution in [1.82, 2.24) is 20.6 Å². The Morgan fingerprint density at radius 1 is 1.06 bits per heavy atom. The SMILES string of the molecule is COc1cc(C(=O)NCC(O)(c2cc3c(c(-c4ccc(F)cc4)n2)OC[C@]3(C)C(=O)NC2(C)CC(F)(F)C2)C(F)(F)F)cc2cccnc12. The molecule has 1 aliphatic heterocycles. The molecule has 3 N–H and O–H groups in total. The molecule has 1 fully saturated rings. The number of benzene rings is 2. The van der Waals surface area contributed by atoms with E-state index in [1.54, 1.807) is 12.1 Å². The predicted octanol–water partition coefficient (Wildman–Crippen LogP) is 5.58. The molecule has 15 heteroatoms. The number of fused-ring (bicyclic) bond motifs is 2. The number of alkyl halides is 5. The highest BCUT2D eigenvalue weighted by molar-refractivity contribution is 6.00. The summed E-state index contributed by atoms with van der Waals surface area (Å²) in [5.41, 5.74) is -7.75. The fourth-order valence-corrected chi connectivity index (χ4v) is 6.27. The van der Waals surface area contributed by atoms with Crippen LogP contribution in [0.2, 0.25) is 0 Å². The van der Waals surface area contributed by atoms with Crippen molar-refractivity contribution in [3.05, 3.63) is 83.4 Å². The Kier molecular flexibility index (Phi) is 8.04. The van der Waals surface area contributed by atoms with E-state index in [0.717, 1.165) is 18.2 Å². The van der Waals surface area contributed by atoms with E-state index in [1.165, 1.54) is 51.4 Å². The van der Waals surface area contributed by atoms with E-state index < -0.39 is 78.0 Å². The maximum atomic E-state index is 14.9. The fraction of sp³-hybridized carbons (Fsp3) is 0.353. The van der Waals surface area contributed by atoms with Crippen molar-refractivity contribution in [2.45, 2.75) is 55.3 Å². The number of methoxy groups -OCH3 is 1. The quantitative estimate of drug-likeness (QED) is 0.207. The molecule has 9 nitrogen and oxygen atoms in total. The first kappa shape index (κ1) is 34.0. The minimum atomic E-state index is -5.43. The van der Waals surface area contributed by atoms with Crippen LogP contribution in [0.1, 0.15) is 48.3 Å². The van der Waals surface area contributed by atoms with Crippen LogP contribution in [-0.2, 0) is 15.8 Å². The number of hydrogen-bond donors (Lipinski definition) is 3. The third kappa shape index (κ3) is 6.00. The van der Waals surface area contributed by atoms with Crippen LogP contribution in [0.4, 0.5) is 26.3 Å². The molecule has 2 aromatic carbocycles. The normalized spacial score (nSPS) is 20.4. The van der Waals surface area contributed by atoms with Gasteiger partial charge in [-0.15, -0.1) is 0 Å². The zero-order valence-electron chi connectivity index (χ0n) is 26.3. The van der Waals surface area contributed by atoms with Gasteiger partial charge in [0.1, 0.15) is 40.5 Å². The first-order valence-electron chi connectivity index (χ1n) is 15.0. The van der Waals surface area contributed by atoms with Crippen molar-refractivity contribution in [2.75, 3.05) is 20.3 Å². The minimum Gasteiger partial charge on any atom is -0.494 e. The number of nitrogens with zero attached hydrogens (tertiary/aromatic N) is 2. The molecule has 2 amide bonds. The molecule has 4 aromatic rings. The standard InChI is InChI=1S/C34H30F6N4O5/c1-30(14-32(36,37)15-30)44-29(46)31(2)17-49-27-22(31)13-24(43-26(27)18-6-8-21(35)9-7-18)33(47,34(38,39)40)16-42-28(45)20-11-19-5-4-10-41-25(19)23(12-20)48-3/h4-13,47H,14-17H2,1-3H3,(H,42,45)(H,44,46)/t31-,33?/m0/s1. The Morgan fingerprint density at radius 3 is 2.39 bits per heavy atom. The third-order valence-corrected chi connectivity index (χ3v) is 8.95. The summed E-state index contributed by atoms with van der Waals surface area (Å²) < 4.78 is 97.1. The molecule has 0 saturated heterocycles. The first-order chi connectivity index (χ1) is 22.9. The summed E-state index contributed by atoms with van der Waals surface area (Å²) in [6.07, 6.45) is -5.20. The molecule has 258 valence electrons. The van der Waals surface area contributed by atoms with Crippen molar-refractivity contribution in [2.24, 2.45) is 0 Å². The molecule has 6 rings (SSSR count). The van der Waals surface area contributed by atoms with E-state index in [2.05, 4.69) is 20.6 Å². The maximum Gasteiger partial charge on any atom is 0.424 e. The topological polar surface area (TPSA) is 123 Å². The second-order valence-corrected chi connectivity index (χ2v) is 12.9. The summed E-state index contributed by atoms with van der Waals surface area (Å²) in [6.45, 7) is 0.980. The Hall–Kier alpha value is -4.92. The van der Waals surface area contributed by atoms with Crippen molar-refractivity contribution in [3.63, 3.8) is 0 Å². The molecule has 2 aliphatic rings. The van der Waals surface area contributed by atoms with E-state index >= 15 is 0 Å². The lowest BCUT2D eigenvalue weighted by Crippen LogP contribution is -2.63. The summed E-state index contributed by atoms with van der Waals surface area (Å²) in [4.78, 5) is 35.2. The largest absolute Gasteiger partial charge is 0.494 e. The zero-order valence-corrected chi connectivity index (χ0v) is 26.3. The first-order valence-corrected chi connectivity index (χ1v) is 15.0. The van der Waals surface area contributed by atoms with Gasteiger partial charge in [0.2, 0.25) is 11.5 Å². The highest BCUT2D eigenvalue weighted by Gasteiger charge is 2.59. The van der Waals surface area contributed by atoms with Gasteiger partial charge in [0, 0.05) is 46.7 Å². The lowest BCUT2D eigenvalue weighted by atomic mass is 9.73. The van der Waals surface area contributed by atoms with E-state index in [0.29, 0.717) is 10.9 Å². The van der Waals surface area contributed by atoms with Gasteiger partial charge >= 0.3 is 6.18 Å². The van der Waals surface area contributed by atoms with Crippen molar-refractivity contribution in [1.29, 1.82) is 0 Å². The number of rotatable bonds is 8. The van der Waals surface area contributed by atoms with Crippen LogP contribution in [0.5, 0.6) is 11.5 Å². The second-order valence-electron chi connectivity index (χ2n) is 12.9. The van der Waals surface area contributed by atoms with Crippen molar-refractivity contribution < 1.29 is 50.5 Å². The summed E-state index contributed by atoms with van der Waals surface area (Å²) in [6, 6.07) is 11.3. The highest BCUT2D eigenvalue weighted by Crippen LogP contribution is 2.50. The van der Waals surface area contributed by atoms with Crippen LogP contribution >= 0.6 is 0 Å². The van der Waals surface area contributed by atoms with Crippen LogP contribution in [0, 0.1) is 5.82 Å². The van der Waals surface area contributed by atoms with Gasteiger partial charge < -0.3 is 25.2 Å². The highest BCUT2D eigenvalue weighted by atomic mass is 19.4. The van der Waals surface area contributed by atoms with Crippen LogP contribution in [-0.4, -0.2) is 64.8 Å². The van der Waals surface area contributed by atoms with Gasteiger partial charge in [-0.1, -0.05) is 6.07 Å². The molecule has 0 radical (unpaired) electrons. The molecular formula is C34H30F6N4O5. The molecule has 2 atom stereocenters. The van der Waals surface area contributed by atoms with Crippen LogP contribution < -0.4 is 20.1 Å². The zero-order chi connectivity index (χ0) is 35.6. The Balaban J connectivity index is 1.41. The molecule has 3 heterocycles. The molecular weight excluding hydrogens is 658 g/mol. The van der Waals surface area contributed by atoms with Gasteiger partial charge in [0.15, 0.2) is 0 Å². The van der Waals surface area contributed by atoms with E-state index in [9.17, 15) is 41.0 Å². The number of halogens is 6. The Labute approximate surface area is 275 Å². The minimum absolute atomic E-state index is 0.0801. The lowest BCUT2D eigenvalue weighted by Gasteiger charge is -2.46. The number of aromatic nitrogens is 2.